The predicted molar refractivity (Wildman–Crippen MR) is 93.6 cm³/mol. The van der Waals surface area contributed by atoms with Gasteiger partial charge in [-0.3, -0.25) is 9.59 Å². The normalized spacial score (nSPS) is 14.2. The number of hydrogen-bond acceptors (Lipinski definition) is 4. The van der Waals surface area contributed by atoms with Crippen molar-refractivity contribution in [1.29, 1.82) is 0 Å². The van der Waals surface area contributed by atoms with Crippen molar-refractivity contribution in [1.82, 2.24) is 0 Å². The molecule has 2 aromatic carbocycles. The van der Waals surface area contributed by atoms with E-state index in [2.05, 4.69) is 31.9 Å². The van der Waals surface area contributed by atoms with Gasteiger partial charge in [-0.2, -0.15) is 0 Å². The van der Waals surface area contributed by atoms with Crippen LogP contribution in [0.2, 0.25) is 0 Å². The number of carbonyl (C=O) groups excluding carboxylic acids is 2. The summed E-state index contributed by atoms with van der Waals surface area (Å²) in [6, 6.07) is 9.32. The topological polar surface area (TPSA) is 68.3 Å². The Morgan fingerprint density at radius 3 is 1.52 bits per heavy atom. The maximum Gasteiger partial charge on any atom is 0.207 e. The maximum atomic E-state index is 12.8. The second-order valence-electron chi connectivity index (χ2n) is 5.04. The van der Waals surface area contributed by atoms with E-state index in [1.165, 1.54) is 12.1 Å². The summed E-state index contributed by atoms with van der Waals surface area (Å²) in [5.74, 6) is -0.372. The van der Waals surface area contributed by atoms with Crippen molar-refractivity contribution in [3.05, 3.63) is 47.5 Å². The van der Waals surface area contributed by atoms with Crippen LogP contribution in [0.25, 0.3) is 11.1 Å². The van der Waals surface area contributed by atoms with Gasteiger partial charge in [-0.15, -0.1) is 0 Å². The van der Waals surface area contributed by atoms with Gasteiger partial charge in [0.1, 0.15) is 0 Å². The fraction of sp³-hybridized carbons (Fsp3) is 0.125. The van der Waals surface area contributed by atoms with Crippen LogP contribution in [0, 0.1) is 0 Å². The number of halogens is 2. The Morgan fingerprint density at radius 2 is 1.17 bits per heavy atom. The van der Waals surface area contributed by atoms with E-state index in [4.69, 9.17) is 0 Å². The predicted octanol–water partition coefficient (Wildman–Crippen LogP) is 3.66. The van der Waals surface area contributed by atoms with Gasteiger partial charge in [0.15, 0.2) is 11.6 Å². The van der Waals surface area contributed by atoms with Gasteiger partial charge in [0.25, 0.3) is 0 Å². The number of benzene rings is 2. The lowest BCUT2D eigenvalue weighted by Gasteiger charge is -2.02. The molecule has 1 heterocycles. The number of rotatable bonds is 4. The molecular weight excluding hydrogens is 448 g/mol. The largest absolute Gasteiger partial charge is 0.293 e. The summed E-state index contributed by atoms with van der Waals surface area (Å²) in [6.07, 6.45) is 0. The molecule has 4 nitrogen and oxygen atoms in total. The average molecular weight is 458 g/mol. The first-order chi connectivity index (χ1) is 10.9. The van der Waals surface area contributed by atoms with Gasteiger partial charge >= 0.3 is 0 Å². The first-order valence-electron chi connectivity index (χ1n) is 6.62. The molecule has 0 radical (unpaired) electrons. The van der Waals surface area contributed by atoms with Crippen LogP contribution in [0.1, 0.15) is 20.7 Å². The van der Waals surface area contributed by atoms with Crippen molar-refractivity contribution in [3.63, 3.8) is 0 Å². The number of hydrogen-bond donors (Lipinski definition) is 0. The lowest BCUT2D eigenvalue weighted by Crippen LogP contribution is -2.04. The zero-order chi connectivity index (χ0) is 16.8. The summed E-state index contributed by atoms with van der Waals surface area (Å²) in [6.45, 7) is 0. The lowest BCUT2D eigenvalue weighted by atomic mass is 10.0. The van der Waals surface area contributed by atoms with Gasteiger partial charge in [0, 0.05) is 22.3 Å². The van der Waals surface area contributed by atoms with Gasteiger partial charge < -0.3 is 0 Å². The van der Waals surface area contributed by atoms with Crippen LogP contribution in [-0.2, 0) is 9.84 Å². The van der Waals surface area contributed by atoms with Crippen LogP contribution < -0.4 is 0 Å². The lowest BCUT2D eigenvalue weighted by molar-refractivity contribution is 0.101. The monoisotopic (exact) mass is 456 g/mol. The highest BCUT2D eigenvalue weighted by molar-refractivity contribution is 9.09. The smallest absolute Gasteiger partial charge is 0.207 e. The van der Waals surface area contributed by atoms with Crippen LogP contribution >= 0.6 is 31.9 Å². The highest BCUT2D eigenvalue weighted by Crippen LogP contribution is 2.43. The van der Waals surface area contributed by atoms with E-state index in [0.717, 1.165) is 0 Å². The molecule has 23 heavy (non-hydrogen) atoms. The molecule has 2 aromatic rings. The third kappa shape index (κ3) is 2.60. The Labute approximate surface area is 150 Å². The van der Waals surface area contributed by atoms with Crippen LogP contribution in [0.4, 0.5) is 0 Å². The molecule has 0 atom stereocenters. The van der Waals surface area contributed by atoms with Crippen molar-refractivity contribution in [2.24, 2.45) is 0 Å². The van der Waals surface area contributed by atoms with Crippen molar-refractivity contribution >= 4 is 53.3 Å². The van der Waals surface area contributed by atoms with Gasteiger partial charge in [0.2, 0.25) is 9.84 Å². The molecule has 0 spiro atoms. The summed E-state index contributed by atoms with van der Waals surface area (Å²) < 4.78 is 25.5. The van der Waals surface area contributed by atoms with Gasteiger partial charge in [-0.05, 0) is 12.1 Å². The second kappa shape index (κ2) is 5.96. The van der Waals surface area contributed by atoms with Crippen molar-refractivity contribution in [2.45, 2.75) is 9.79 Å². The fourth-order valence-electron chi connectivity index (χ4n) is 2.55. The number of carbonyl (C=O) groups is 2. The highest BCUT2D eigenvalue weighted by atomic mass is 79.9. The Balaban J connectivity index is 2.22. The summed E-state index contributed by atoms with van der Waals surface area (Å²) >= 11 is 6.16. The third-order valence-electron chi connectivity index (χ3n) is 3.72. The van der Waals surface area contributed by atoms with E-state index in [-0.39, 0.29) is 32.0 Å². The second-order valence-corrected chi connectivity index (χ2v) is 8.05. The molecule has 3 rings (SSSR count). The summed E-state index contributed by atoms with van der Waals surface area (Å²) in [7, 11) is -3.73. The molecule has 0 bridgehead atoms. The van der Waals surface area contributed by atoms with E-state index >= 15 is 0 Å². The Bertz CT molecular complexity index is 877. The molecular formula is C16H10Br2O4S. The van der Waals surface area contributed by atoms with E-state index in [9.17, 15) is 18.0 Å². The molecule has 0 amide bonds. The number of Topliss-reactive ketones (excluding diaryl/α,β-unsaturated/α-hetero) is 2. The number of alkyl halides is 2. The van der Waals surface area contributed by atoms with Gasteiger partial charge in [-0.1, -0.05) is 56.1 Å². The zero-order valence-electron chi connectivity index (χ0n) is 11.7. The zero-order valence-corrected chi connectivity index (χ0v) is 15.7. The fourth-order valence-corrected chi connectivity index (χ4v) is 4.94. The molecule has 1 aliphatic rings. The minimum atomic E-state index is -3.73. The average Bonchev–Trinajstić information content (AvgIpc) is 2.80. The molecule has 0 unspecified atom stereocenters. The third-order valence-corrected chi connectivity index (χ3v) is 6.57. The molecule has 7 heteroatoms. The summed E-state index contributed by atoms with van der Waals surface area (Å²) in [5, 5.41) is 0.255. The van der Waals surface area contributed by atoms with E-state index in [1.54, 1.807) is 24.3 Å². The first-order valence-corrected chi connectivity index (χ1v) is 10.3. The van der Waals surface area contributed by atoms with Gasteiger partial charge in [-0.25, -0.2) is 8.42 Å². The SMILES string of the molecule is O=C(CBr)c1ccc2c(c1)S(=O)(=O)c1cc(C(=O)CBr)ccc1-2. The summed E-state index contributed by atoms with van der Waals surface area (Å²) in [5.41, 5.74) is 1.80. The molecule has 0 N–H and O–H groups in total. The molecule has 0 saturated heterocycles. The number of ketones is 2. The molecule has 0 saturated carbocycles. The Kier molecular flexibility index (Phi) is 4.29. The standard InChI is InChI=1S/C16H10Br2O4S/c17-7-13(19)9-1-3-11-12-4-2-10(14(20)8-18)6-16(12)23(21,22)15(11)5-9/h1-6H,7-8H2. The number of fused-ring (bicyclic) bond motifs is 3. The van der Waals surface area contributed by atoms with Crippen LogP contribution in [0.3, 0.4) is 0 Å². The van der Waals surface area contributed by atoms with Crippen molar-refractivity contribution < 1.29 is 18.0 Å². The Hall–Kier alpha value is -1.31. The summed E-state index contributed by atoms with van der Waals surface area (Å²) in [4.78, 5) is 23.8. The van der Waals surface area contributed by atoms with Crippen LogP contribution in [0.5, 0.6) is 0 Å². The minimum absolute atomic E-state index is 0.114. The molecule has 0 aliphatic carbocycles. The highest BCUT2D eigenvalue weighted by Gasteiger charge is 2.34. The van der Waals surface area contributed by atoms with Crippen molar-refractivity contribution in [2.75, 3.05) is 10.7 Å². The molecule has 1 aliphatic heterocycles. The molecule has 0 fully saturated rings. The minimum Gasteiger partial charge on any atom is -0.293 e. The molecule has 0 aromatic heterocycles. The van der Waals surface area contributed by atoms with Crippen LogP contribution in [-0.4, -0.2) is 30.6 Å². The van der Waals surface area contributed by atoms with E-state index in [1.807, 2.05) is 0 Å². The van der Waals surface area contributed by atoms with E-state index < -0.39 is 9.84 Å². The van der Waals surface area contributed by atoms with Gasteiger partial charge in [0.05, 0.1) is 20.5 Å². The van der Waals surface area contributed by atoms with Crippen molar-refractivity contribution in [3.8, 4) is 11.1 Å². The van der Waals surface area contributed by atoms with Crippen LogP contribution in [0.15, 0.2) is 46.2 Å². The molecule has 118 valence electrons. The number of sulfone groups is 1. The Morgan fingerprint density at radius 1 is 0.783 bits per heavy atom. The first kappa shape index (κ1) is 16.5. The maximum absolute atomic E-state index is 12.8. The quantitative estimate of drug-likeness (QED) is 0.443. The van der Waals surface area contributed by atoms with E-state index in [0.29, 0.717) is 22.3 Å².